The first-order valence-corrected chi connectivity index (χ1v) is 8.33. The van der Waals surface area contributed by atoms with Crippen molar-refractivity contribution in [2.75, 3.05) is 0 Å². The molecule has 0 amide bonds. The summed E-state index contributed by atoms with van der Waals surface area (Å²) in [6, 6.07) is 27.9. The van der Waals surface area contributed by atoms with Gasteiger partial charge in [0.15, 0.2) is 0 Å². The highest BCUT2D eigenvalue weighted by atomic mass is 79.9. The molecule has 0 atom stereocenters. The highest BCUT2D eigenvalue weighted by Crippen LogP contribution is 2.32. The van der Waals surface area contributed by atoms with Crippen LogP contribution in [0.15, 0.2) is 84.9 Å². The smallest absolute Gasteiger partial charge is 0.335 e. The summed E-state index contributed by atoms with van der Waals surface area (Å²) in [5, 5.41) is 12.7. The quantitative estimate of drug-likeness (QED) is 0.693. The summed E-state index contributed by atoms with van der Waals surface area (Å²) >= 11 is 0. The van der Waals surface area contributed by atoms with Gasteiger partial charge in [-0.2, -0.15) is 0 Å². The highest BCUT2D eigenvalue weighted by Gasteiger charge is 2.16. The number of aromatic carboxylic acids is 1. The van der Waals surface area contributed by atoms with Crippen LogP contribution < -0.4 is 15.9 Å². The number of carbonyl (C=O) groups is 1. The van der Waals surface area contributed by atoms with Crippen LogP contribution in [-0.2, 0) is 0 Å². The van der Waals surface area contributed by atoms with Gasteiger partial charge < -0.3 is 5.11 Å². The molecular weight excluding hydrogens is 371 g/mol. The van der Waals surface area contributed by atoms with Crippen molar-refractivity contribution >= 4 is 46.8 Å². The number of rotatable bonds is 4. The Morgan fingerprint density at radius 1 is 0.652 bits per heavy atom. The van der Waals surface area contributed by atoms with E-state index in [2.05, 4.69) is 24.3 Å². The number of halogens is 1. The molecule has 0 aliphatic carbocycles. The minimum absolute atomic E-state index is 0. The Labute approximate surface area is 147 Å². The van der Waals surface area contributed by atoms with Crippen molar-refractivity contribution in [2.24, 2.45) is 0 Å². The van der Waals surface area contributed by atoms with Crippen molar-refractivity contribution in [3.8, 4) is 0 Å². The third kappa shape index (κ3) is 4.07. The molecule has 0 bridgehead atoms. The van der Waals surface area contributed by atoms with E-state index in [1.165, 1.54) is 10.6 Å². The van der Waals surface area contributed by atoms with Crippen molar-refractivity contribution in [3.63, 3.8) is 0 Å². The standard InChI is InChI=1S/C19H15O2P.BrH/c20-19(21)15-11-13-18(14-12-15)22(16-7-3-1-4-8-16)17-9-5-2-6-10-17;/h1-14H,(H,20,21);1H. The third-order valence-electron chi connectivity index (χ3n) is 3.40. The van der Waals surface area contributed by atoms with Crippen LogP contribution in [0.25, 0.3) is 0 Å². The first-order valence-electron chi connectivity index (χ1n) is 6.99. The molecule has 0 aliphatic heterocycles. The van der Waals surface area contributed by atoms with Crippen LogP contribution in [0.4, 0.5) is 0 Å². The third-order valence-corrected chi connectivity index (χ3v) is 5.84. The van der Waals surface area contributed by atoms with Crippen molar-refractivity contribution < 1.29 is 9.90 Å². The molecule has 0 fully saturated rings. The largest absolute Gasteiger partial charge is 0.478 e. The molecule has 4 heteroatoms. The lowest BCUT2D eigenvalue weighted by atomic mass is 10.2. The molecule has 1 N–H and O–H groups in total. The van der Waals surface area contributed by atoms with Gasteiger partial charge in [0, 0.05) is 0 Å². The van der Waals surface area contributed by atoms with Gasteiger partial charge in [-0.15, -0.1) is 17.0 Å². The molecule has 116 valence electrons. The molecule has 0 aromatic heterocycles. The van der Waals surface area contributed by atoms with Gasteiger partial charge in [-0.05, 0) is 36.0 Å². The Hall–Kier alpha value is -1.96. The van der Waals surface area contributed by atoms with Crippen molar-refractivity contribution in [3.05, 3.63) is 90.5 Å². The Morgan fingerprint density at radius 2 is 1.04 bits per heavy atom. The molecule has 0 saturated heterocycles. The van der Waals surface area contributed by atoms with Crippen molar-refractivity contribution in [2.45, 2.75) is 0 Å². The summed E-state index contributed by atoms with van der Waals surface area (Å²) in [6.45, 7) is 0. The van der Waals surface area contributed by atoms with Gasteiger partial charge >= 0.3 is 5.97 Å². The number of carboxylic acid groups (broad SMARTS) is 1. The summed E-state index contributed by atoms with van der Waals surface area (Å²) in [4.78, 5) is 11.0. The van der Waals surface area contributed by atoms with Gasteiger partial charge in [-0.25, -0.2) is 4.79 Å². The van der Waals surface area contributed by atoms with E-state index in [1.807, 2.05) is 48.5 Å². The zero-order valence-electron chi connectivity index (χ0n) is 12.3. The average Bonchev–Trinajstić information content (AvgIpc) is 2.57. The lowest BCUT2D eigenvalue weighted by molar-refractivity contribution is 0.0697. The summed E-state index contributed by atoms with van der Waals surface area (Å²) in [5.41, 5.74) is 0.319. The minimum atomic E-state index is -0.893. The van der Waals surface area contributed by atoms with E-state index in [1.54, 1.807) is 12.1 Å². The molecule has 2 nitrogen and oxygen atoms in total. The lowest BCUT2D eigenvalue weighted by Gasteiger charge is -2.19. The fraction of sp³-hybridized carbons (Fsp3) is 0. The van der Waals surface area contributed by atoms with Gasteiger partial charge in [0.1, 0.15) is 0 Å². The summed E-state index contributed by atoms with van der Waals surface area (Å²) in [5.74, 6) is -0.893. The molecule has 0 radical (unpaired) electrons. The summed E-state index contributed by atoms with van der Waals surface area (Å²) in [7, 11) is -0.671. The minimum Gasteiger partial charge on any atom is -0.478 e. The maximum Gasteiger partial charge on any atom is 0.335 e. The lowest BCUT2D eigenvalue weighted by Crippen LogP contribution is -2.20. The molecule has 0 unspecified atom stereocenters. The maximum absolute atomic E-state index is 11.0. The van der Waals surface area contributed by atoms with Gasteiger partial charge in [0.25, 0.3) is 0 Å². The second-order valence-electron chi connectivity index (χ2n) is 4.86. The summed E-state index contributed by atoms with van der Waals surface area (Å²) < 4.78 is 0. The van der Waals surface area contributed by atoms with Gasteiger partial charge in [0.2, 0.25) is 0 Å². The molecule has 0 spiro atoms. The van der Waals surface area contributed by atoms with Crippen LogP contribution in [0.5, 0.6) is 0 Å². The van der Waals surface area contributed by atoms with E-state index in [9.17, 15) is 4.79 Å². The molecule has 0 aliphatic rings. The van der Waals surface area contributed by atoms with Crippen LogP contribution in [0.3, 0.4) is 0 Å². The summed E-state index contributed by atoms with van der Waals surface area (Å²) in [6.07, 6.45) is 0. The van der Waals surface area contributed by atoms with E-state index in [0.717, 1.165) is 5.30 Å². The first-order chi connectivity index (χ1) is 10.8. The molecule has 3 aromatic rings. The predicted octanol–water partition coefficient (Wildman–Crippen LogP) is 3.72. The molecule has 0 saturated carbocycles. The Balaban J connectivity index is 0.00000192. The van der Waals surface area contributed by atoms with E-state index >= 15 is 0 Å². The Bertz CT molecular complexity index is 719. The normalized spacial score (nSPS) is 10.1. The molecule has 3 rings (SSSR count). The number of hydrogen-bond donors (Lipinski definition) is 1. The van der Waals surface area contributed by atoms with E-state index in [0.29, 0.717) is 5.56 Å². The Morgan fingerprint density at radius 3 is 1.43 bits per heavy atom. The molecule has 23 heavy (non-hydrogen) atoms. The van der Waals surface area contributed by atoms with Crippen molar-refractivity contribution in [1.29, 1.82) is 0 Å². The van der Waals surface area contributed by atoms with Gasteiger partial charge in [0.05, 0.1) is 5.56 Å². The van der Waals surface area contributed by atoms with Crippen LogP contribution in [0, 0.1) is 0 Å². The zero-order chi connectivity index (χ0) is 15.4. The van der Waals surface area contributed by atoms with E-state index in [4.69, 9.17) is 5.11 Å². The average molecular weight is 387 g/mol. The second kappa shape index (κ2) is 8.05. The first kappa shape index (κ1) is 17.4. The molecule has 3 aromatic carbocycles. The monoisotopic (exact) mass is 386 g/mol. The van der Waals surface area contributed by atoms with Crippen LogP contribution >= 0.6 is 24.9 Å². The second-order valence-corrected chi connectivity index (χ2v) is 7.08. The SMILES string of the molecule is Br.O=C(O)c1ccc(P(c2ccccc2)c2ccccc2)cc1. The molecular formula is C19H16BrO2P. The van der Waals surface area contributed by atoms with Gasteiger partial charge in [-0.3, -0.25) is 0 Å². The van der Waals surface area contributed by atoms with Crippen LogP contribution in [0.2, 0.25) is 0 Å². The zero-order valence-corrected chi connectivity index (χ0v) is 14.9. The molecule has 0 heterocycles. The highest BCUT2D eigenvalue weighted by molar-refractivity contribution is 8.93. The number of benzene rings is 3. The topological polar surface area (TPSA) is 37.3 Å². The van der Waals surface area contributed by atoms with Crippen LogP contribution in [0.1, 0.15) is 10.4 Å². The van der Waals surface area contributed by atoms with E-state index in [-0.39, 0.29) is 17.0 Å². The van der Waals surface area contributed by atoms with Crippen LogP contribution in [-0.4, -0.2) is 11.1 Å². The van der Waals surface area contributed by atoms with Crippen molar-refractivity contribution in [1.82, 2.24) is 0 Å². The maximum atomic E-state index is 11.0. The predicted molar refractivity (Wildman–Crippen MR) is 102 cm³/mol. The van der Waals surface area contributed by atoms with Gasteiger partial charge in [-0.1, -0.05) is 72.8 Å². The number of hydrogen-bond acceptors (Lipinski definition) is 1. The fourth-order valence-electron chi connectivity index (χ4n) is 2.35. The van der Waals surface area contributed by atoms with E-state index < -0.39 is 13.9 Å². The Kier molecular flexibility index (Phi) is 6.09. The fourth-order valence-corrected chi connectivity index (χ4v) is 4.64. The number of carboxylic acids is 1.